The maximum absolute atomic E-state index is 12.6. The summed E-state index contributed by atoms with van der Waals surface area (Å²) in [6.45, 7) is 0. The van der Waals surface area contributed by atoms with Crippen molar-refractivity contribution in [3.05, 3.63) is 29.1 Å². The van der Waals surface area contributed by atoms with Gasteiger partial charge in [0, 0.05) is 6.07 Å². The van der Waals surface area contributed by atoms with Crippen molar-refractivity contribution in [3.8, 4) is 6.07 Å². The monoisotopic (exact) mass is 190 g/mol. The van der Waals surface area contributed by atoms with E-state index in [0.717, 1.165) is 0 Å². The largest absolute Gasteiger partial charge is 0.280 e. The molecule has 0 radical (unpaired) electrons. The second-order valence-corrected chi connectivity index (χ2v) is 2.11. The van der Waals surface area contributed by atoms with Crippen molar-refractivity contribution >= 4 is 0 Å². The van der Waals surface area contributed by atoms with Crippen molar-refractivity contribution in [1.82, 2.24) is 4.98 Å². The fourth-order valence-corrected chi connectivity index (χ4v) is 0.713. The van der Waals surface area contributed by atoms with Gasteiger partial charge in [0.05, 0.1) is 0 Å². The van der Waals surface area contributed by atoms with Gasteiger partial charge in [-0.05, 0) is 0 Å². The summed E-state index contributed by atoms with van der Waals surface area (Å²) in [6, 6.07) is 1.51. The molecule has 6 heteroatoms. The van der Waals surface area contributed by atoms with Crippen molar-refractivity contribution in [2.24, 2.45) is 0 Å². The van der Waals surface area contributed by atoms with Crippen molar-refractivity contribution in [2.75, 3.05) is 0 Å². The van der Waals surface area contributed by atoms with Crippen LogP contribution in [0.3, 0.4) is 0 Å². The number of halogens is 4. The molecule has 0 aromatic carbocycles. The number of aromatic nitrogens is 1. The van der Waals surface area contributed by atoms with Crippen molar-refractivity contribution in [1.29, 1.82) is 5.26 Å². The zero-order valence-electron chi connectivity index (χ0n) is 6.06. The van der Waals surface area contributed by atoms with E-state index in [2.05, 4.69) is 4.98 Å². The molecule has 0 amide bonds. The van der Waals surface area contributed by atoms with Gasteiger partial charge in [-0.3, -0.25) is 0 Å². The van der Waals surface area contributed by atoms with Crippen LogP contribution in [-0.4, -0.2) is 4.98 Å². The molecule has 1 aromatic heterocycles. The van der Waals surface area contributed by atoms with Crippen LogP contribution in [0.15, 0.2) is 6.07 Å². The highest BCUT2D eigenvalue weighted by Gasteiger charge is 2.17. The highest BCUT2D eigenvalue weighted by molar-refractivity contribution is 5.30. The Balaban J connectivity index is 3.30. The van der Waals surface area contributed by atoms with Gasteiger partial charge in [0.25, 0.3) is 6.43 Å². The van der Waals surface area contributed by atoms with Gasteiger partial charge in [0.1, 0.15) is 23.1 Å². The summed E-state index contributed by atoms with van der Waals surface area (Å²) >= 11 is 0. The second kappa shape index (κ2) is 3.39. The summed E-state index contributed by atoms with van der Waals surface area (Å²) in [5, 5.41) is 8.17. The van der Waals surface area contributed by atoms with E-state index in [-0.39, 0.29) is 0 Å². The van der Waals surface area contributed by atoms with Crippen LogP contribution in [0.2, 0.25) is 0 Å². The number of pyridine rings is 1. The minimum Gasteiger partial charge on any atom is -0.217 e. The molecule has 0 saturated carbocycles. The highest BCUT2D eigenvalue weighted by atomic mass is 19.3. The molecular formula is C7H2F4N2. The number of nitrogens with zero attached hydrogens (tertiary/aromatic N) is 2. The van der Waals surface area contributed by atoms with Crippen LogP contribution in [0.5, 0.6) is 0 Å². The molecular weight excluding hydrogens is 188 g/mol. The maximum atomic E-state index is 12.6. The lowest BCUT2D eigenvalue weighted by atomic mass is 10.2. The Kier molecular flexibility index (Phi) is 2.46. The zero-order chi connectivity index (χ0) is 10.0. The summed E-state index contributed by atoms with van der Waals surface area (Å²) in [7, 11) is 0. The molecule has 0 unspecified atom stereocenters. The van der Waals surface area contributed by atoms with Gasteiger partial charge in [0.2, 0.25) is 5.95 Å². The summed E-state index contributed by atoms with van der Waals surface area (Å²) in [5.41, 5.74) is -1.97. The molecule has 0 atom stereocenters. The lowest BCUT2D eigenvalue weighted by Crippen LogP contribution is -2.00. The minimum absolute atomic E-state index is 0.340. The van der Waals surface area contributed by atoms with Crippen molar-refractivity contribution < 1.29 is 17.6 Å². The molecule has 1 heterocycles. The Bertz CT molecular complexity index is 346. The number of rotatable bonds is 1. The minimum atomic E-state index is -3.06. The van der Waals surface area contributed by atoms with Crippen LogP contribution >= 0.6 is 0 Å². The van der Waals surface area contributed by atoms with Crippen LogP contribution < -0.4 is 0 Å². The number of hydrogen-bond acceptors (Lipinski definition) is 2. The predicted molar refractivity (Wildman–Crippen MR) is 33.8 cm³/mol. The molecule has 0 N–H and O–H groups in total. The van der Waals surface area contributed by atoms with Crippen LogP contribution in [0.1, 0.15) is 17.7 Å². The molecule has 68 valence electrons. The van der Waals surface area contributed by atoms with Gasteiger partial charge in [0.15, 0.2) is 0 Å². The van der Waals surface area contributed by atoms with Crippen LogP contribution in [0.25, 0.3) is 0 Å². The molecule has 2 nitrogen and oxygen atoms in total. The molecule has 0 bridgehead atoms. The van der Waals surface area contributed by atoms with E-state index in [4.69, 9.17) is 5.26 Å². The molecule has 1 rings (SSSR count). The van der Waals surface area contributed by atoms with E-state index in [1.807, 2.05) is 0 Å². The summed E-state index contributed by atoms with van der Waals surface area (Å²) in [5.74, 6) is -2.84. The lowest BCUT2D eigenvalue weighted by molar-refractivity contribution is 0.144. The normalized spacial score (nSPS) is 10.2. The molecule has 0 aliphatic heterocycles. The Morgan fingerprint density at radius 2 is 2.00 bits per heavy atom. The van der Waals surface area contributed by atoms with Gasteiger partial charge in [-0.15, -0.1) is 0 Å². The quantitative estimate of drug-likeness (QED) is 0.502. The fourth-order valence-electron chi connectivity index (χ4n) is 0.713. The van der Waals surface area contributed by atoms with Gasteiger partial charge in [-0.25, -0.2) is 18.2 Å². The molecule has 0 aliphatic carbocycles. The van der Waals surface area contributed by atoms with Gasteiger partial charge in [-0.1, -0.05) is 0 Å². The van der Waals surface area contributed by atoms with Crippen LogP contribution in [0, 0.1) is 23.1 Å². The van der Waals surface area contributed by atoms with E-state index >= 15 is 0 Å². The molecule has 0 spiro atoms. The average Bonchev–Trinajstić information content (AvgIpc) is 2.03. The first-order valence-electron chi connectivity index (χ1n) is 3.10. The van der Waals surface area contributed by atoms with Gasteiger partial charge < -0.3 is 0 Å². The molecule has 0 fully saturated rings. The molecule has 0 saturated heterocycles. The van der Waals surface area contributed by atoms with E-state index < -0.39 is 29.4 Å². The van der Waals surface area contributed by atoms with Gasteiger partial charge in [-0.2, -0.15) is 9.65 Å². The van der Waals surface area contributed by atoms with Crippen LogP contribution in [0.4, 0.5) is 17.6 Å². The molecule has 13 heavy (non-hydrogen) atoms. The van der Waals surface area contributed by atoms with E-state index in [1.54, 1.807) is 0 Å². The summed E-state index contributed by atoms with van der Waals surface area (Å²) in [6.07, 6.45) is -3.06. The Morgan fingerprint density at radius 1 is 1.38 bits per heavy atom. The second-order valence-electron chi connectivity index (χ2n) is 2.11. The highest BCUT2D eigenvalue weighted by Crippen LogP contribution is 2.19. The Labute approximate surface area is 70.4 Å². The lowest BCUT2D eigenvalue weighted by Gasteiger charge is -2.00. The van der Waals surface area contributed by atoms with Crippen LogP contribution in [-0.2, 0) is 0 Å². The smallest absolute Gasteiger partial charge is 0.217 e. The first kappa shape index (κ1) is 9.45. The number of nitriles is 1. The first-order chi connectivity index (χ1) is 6.06. The third-order valence-electron chi connectivity index (χ3n) is 1.28. The topological polar surface area (TPSA) is 36.7 Å². The van der Waals surface area contributed by atoms with Gasteiger partial charge >= 0.3 is 0 Å². The number of hydrogen-bond donors (Lipinski definition) is 0. The molecule has 1 aromatic rings. The van der Waals surface area contributed by atoms with Crippen molar-refractivity contribution in [3.63, 3.8) is 0 Å². The Morgan fingerprint density at radius 3 is 2.38 bits per heavy atom. The van der Waals surface area contributed by atoms with E-state index in [0.29, 0.717) is 6.07 Å². The summed E-state index contributed by atoms with van der Waals surface area (Å²) < 4.78 is 49.0. The Hall–Kier alpha value is -1.64. The van der Waals surface area contributed by atoms with E-state index in [9.17, 15) is 17.6 Å². The summed E-state index contributed by atoms with van der Waals surface area (Å²) in [4.78, 5) is 2.73. The standard InChI is InChI=1S/C7H2F4N2/c8-4-1-5(6(9)10)13-7(11)3(4)2-12/h1,6H. The predicted octanol–water partition coefficient (Wildman–Crippen LogP) is 2.17. The SMILES string of the molecule is N#Cc1c(F)cc(C(F)F)nc1F. The third kappa shape index (κ3) is 1.75. The third-order valence-corrected chi connectivity index (χ3v) is 1.28. The number of alkyl halides is 2. The van der Waals surface area contributed by atoms with E-state index in [1.165, 1.54) is 6.07 Å². The van der Waals surface area contributed by atoms with Crippen molar-refractivity contribution in [2.45, 2.75) is 6.43 Å². The first-order valence-corrected chi connectivity index (χ1v) is 3.10. The molecule has 0 aliphatic rings. The maximum Gasteiger partial charge on any atom is 0.280 e. The fraction of sp³-hybridized carbons (Fsp3) is 0.143. The average molecular weight is 190 g/mol. The zero-order valence-corrected chi connectivity index (χ0v) is 6.06.